The summed E-state index contributed by atoms with van der Waals surface area (Å²) in [5.74, 6) is -0.227. The molecule has 3 rings (SSSR count). The van der Waals surface area contributed by atoms with Crippen molar-refractivity contribution in [3.05, 3.63) is 48.2 Å². The van der Waals surface area contributed by atoms with Gasteiger partial charge in [-0.2, -0.15) is 13.2 Å². The van der Waals surface area contributed by atoms with Gasteiger partial charge < -0.3 is 5.11 Å². The normalized spacial score (nSPS) is 11.9. The maximum absolute atomic E-state index is 13.0. The second-order valence-electron chi connectivity index (χ2n) is 4.14. The Hall–Kier alpha value is -2.57. The number of aromatic hydroxyl groups is 1. The molecule has 0 spiro atoms. The van der Waals surface area contributed by atoms with E-state index in [-0.39, 0.29) is 22.8 Å². The van der Waals surface area contributed by atoms with Gasteiger partial charge in [-0.25, -0.2) is 9.50 Å². The molecule has 7 heteroatoms. The van der Waals surface area contributed by atoms with Crippen molar-refractivity contribution in [2.75, 3.05) is 0 Å². The molecule has 0 bridgehead atoms. The molecule has 0 saturated carbocycles. The predicted molar refractivity (Wildman–Crippen MR) is 65.1 cm³/mol. The van der Waals surface area contributed by atoms with E-state index in [4.69, 9.17) is 0 Å². The number of fused-ring (bicyclic) bond motifs is 1. The van der Waals surface area contributed by atoms with E-state index in [0.717, 1.165) is 6.07 Å². The van der Waals surface area contributed by atoms with Crippen molar-refractivity contribution in [2.24, 2.45) is 0 Å². The molecular formula is C13H8F3N3O. The van der Waals surface area contributed by atoms with Gasteiger partial charge in [-0.05, 0) is 18.2 Å². The summed E-state index contributed by atoms with van der Waals surface area (Å²) < 4.78 is 40.1. The van der Waals surface area contributed by atoms with Crippen LogP contribution in [0, 0.1) is 0 Å². The average molecular weight is 279 g/mol. The van der Waals surface area contributed by atoms with Gasteiger partial charge in [0.05, 0.1) is 5.56 Å². The summed E-state index contributed by atoms with van der Waals surface area (Å²) in [5.41, 5.74) is -0.821. The molecule has 0 saturated heterocycles. The molecule has 0 radical (unpaired) electrons. The van der Waals surface area contributed by atoms with Crippen molar-refractivity contribution in [2.45, 2.75) is 6.18 Å². The third-order valence-corrected chi connectivity index (χ3v) is 2.82. The Labute approximate surface area is 111 Å². The monoisotopic (exact) mass is 279 g/mol. The van der Waals surface area contributed by atoms with Crippen LogP contribution in [0.2, 0.25) is 0 Å². The number of aromatic nitrogens is 3. The number of nitrogens with zero attached hydrogens (tertiary/aromatic N) is 3. The van der Waals surface area contributed by atoms with Gasteiger partial charge in [-0.1, -0.05) is 18.2 Å². The molecule has 2 aromatic heterocycles. The van der Waals surface area contributed by atoms with Crippen LogP contribution in [0.25, 0.3) is 17.0 Å². The molecule has 102 valence electrons. The molecule has 0 unspecified atom stereocenters. The molecule has 1 N–H and O–H groups in total. The zero-order valence-corrected chi connectivity index (χ0v) is 9.96. The minimum Gasteiger partial charge on any atom is -0.504 e. The van der Waals surface area contributed by atoms with Crippen LogP contribution < -0.4 is 0 Å². The molecule has 0 aliphatic carbocycles. The number of alkyl halides is 3. The summed E-state index contributed by atoms with van der Waals surface area (Å²) in [5, 5.41) is 13.6. The van der Waals surface area contributed by atoms with Crippen molar-refractivity contribution in [1.82, 2.24) is 14.6 Å². The lowest BCUT2D eigenvalue weighted by Gasteiger charge is -2.09. The number of halogens is 3. The first-order chi connectivity index (χ1) is 9.47. The lowest BCUT2D eigenvalue weighted by Crippen LogP contribution is -2.07. The Bertz CT molecular complexity index is 780. The minimum atomic E-state index is -4.49. The molecule has 0 atom stereocenters. The first-order valence-corrected chi connectivity index (χ1v) is 5.68. The zero-order chi connectivity index (χ0) is 14.3. The van der Waals surface area contributed by atoms with Gasteiger partial charge in [0.1, 0.15) is 0 Å². The van der Waals surface area contributed by atoms with E-state index in [2.05, 4.69) is 10.1 Å². The summed E-state index contributed by atoms with van der Waals surface area (Å²) in [4.78, 5) is 3.96. The highest BCUT2D eigenvalue weighted by Crippen LogP contribution is 2.36. The fourth-order valence-electron chi connectivity index (χ4n) is 1.93. The zero-order valence-electron chi connectivity index (χ0n) is 9.96. The highest BCUT2D eigenvalue weighted by Gasteiger charge is 2.34. The number of hydrogen-bond donors (Lipinski definition) is 1. The third-order valence-electron chi connectivity index (χ3n) is 2.82. The fraction of sp³-hybridized carbons (Fsp3) is 0.0769. The fourth-order valence-corrected chi connectivity index (χ4v) is 1.93. The van der Waals surface area contributed by atoms with E-state index >= 15 is 0 Å². The molecule has 20 heavy (non-hydrogen) atoms. The molecule has 0 amide bonds. The van der Waals surface area contributed by atoms with Gasteiger partial charge in [-0.15, -0.1) is 5.10 Å². The molecule has 1 aromatic carbocycles. The van der Waals surface area contributed by atoms with Crippen molar-refractivity contribution >= 4 is 5.65 Å². The van der Waals surface area contributed by atoms with Crippen LogP contribution >= 0.6 is 0 Å². The second-order valence-corrected chi connectivity index (χ2v) is 4.14. The Kier molecular flexibility index (Phi) is 2.63. The third kappa shape index (κ3) is 1.97. The van der Waals surface area contributed by atoms with E-state index < -0.39 is 11.7 Å². The molecule has 2 heterocycles. The van der Waals surface area contributed by atoms with E-state index in [1.807, 2.05) is 0 Å². The van der Waals surface area contributed by atoms with Crippen molar-refractivity contribution in [3.8, 4) is 17.1 Å². The topological polar surface area (TPSA) is 50.4 Å². The van der Waals surface area contributed by atoms with Crippen molar-refractivity contribution in [1.29, 1.82) is 0 Å². The highest BCUT2D eigenvalue weighted by molar-refractivity contribution is 5.65. The molecular weight excluding hydrogens is 271 g/mol. The largest absolute Gasteiger partial charge is 0.504 e. The van der Waals surface area contributed by atoms with E-state index in [1.54, 1.807) is 0 Å². The van der Waals surface area contributed by atoms with Gasteiger partial charge in [-0.3, -0.25) is 0 Å². The first-order valence-electron chi connectivity index (χ1n) is 5.68. The van der Waals surface area contributed by atoms with E-state index in [9.17, 15) is 18.3 Å². The smallest absolute Gasteiger partial charge is 0.417 e. The van der Waals surface area contributed by atoms with E-state index in [1.165, 1.54) is 41.0 Å². The number of pyridine rings is 1. The maximum Gasteiger partial charge on any atom is 0.417 e. The Morgan fingerprint density at radius 1 is 1.05 bits per heavy atom. The standard InChI is InChI=1S/C13H8F3N3O/c14-13(15,16)9-5-2-1-4-8(9)11-17-12-10(20)6-3-7-19(12)18-11/h1-7,20H. The Morgan fingerprint density at radius 2 is 1.80 bits per heavy atom. The van der Waals surface area contributed by atoms with Gasteiger partial charge >= 0.3 is 6.18 Å². The maximum atomic E-state index is 13.0. The van der Waals surface area contributed by atoms with Gasteiger partial charge in [0.25, 0.3) is 0 Å². The second kappa shape index (κ2) is 4.22. The number of rotatable bonds is 1. The lowest BCUT2D eigenvalue weighted by molar-refractivity contribution is -0.137. The van der Waals surface area contributed by atoms with Crippen LogP contribution in [0.3, 0.4) is 0 Å². The molecule has 0 aliphatic heterocycles. The van der Waals surface area contributed by atoms with Gasteiger partial charge in [0.15, 0.2) is 17.2 Å². The van der Waals surface area contributed by atoms with Crippen LogP contribution in [0.5, 0.6) is 5.75 Å². The number of hydrogen-bond acceptors (Lipinski definition) is 3. The highest BCUT2D eigenvalue weighted by atomic mass is 19.4. The lowest BCUT2D eigenvalue weighted by atomic mass is 10.1. The van der Waals surface area contributed by atoms with Crippen LogP contribution in [0.15, 0.2) is 42.6 Å². The summed E-state index contributed by atoms with van der Waals surface area (Å²) in [6.45, 7) is 0. The van der Waals surface area contributed by atoms with Crippen LogP contribution in [0.1, 0.15) is 5.56 Å². The summed E-state index contributed by atoms with van der Waals surface area (Å²) in [7, 11) is 0. The molecule has 0 aliphatic rings. The van der Waals surface area contributed by atoms with Crippen LogP contribution in [-0.2, 0) is 6.18 Å². The van der Waals surface area contributed by atoms with Gasteiger partial charge in [0, 0.05) is 11.8 Å². The van der Waals surface area contributed by atoms with E-state index in [0.29, 0.717) is 0 Å². The quantitative estimate of drug-likeness (QED) is 0.744. The van der Waals surface area contributed by atoms with Crippen LogP contribution in [0.4, 0.5) is 13.2 Å². The summed E-state index contributed by atoms with van der Waals surface area (Å²) in [6, 6.07) is 7.98. The number of benzene rings is 1. The average Bonchev–Trinajstić information content (AvgIpc) is 2.83. The Balaban J connectivity index is 2.24. The minimum absolute atomic E-state index is 0.0839. The van der Waals surface area contributed by atoms with Gasteiger partial charge in [0.2, 0.25) is 0 Å². The van der Waals surface area contributed by atoms with Crippen molar-refractivity contribution < 1.29 is 18.3 Å². The summed E-state index contributed by atoms with van der Waals surface area (Å²) >= 11 is 0. The first kappa shape index (κ1) is 12.5. The molecule has 4 nitrogen and oxygen atoms in total. The molecule has 3 aromatic rings. The predicted octanol–water partition coefficient (Wildman–Crippen LogP) is 3.12. The van der Waals surface area contributed by atoms with Crippen LogP contribution in [-0.4, -0.2) is 19.7 Å². The SMILES string of the molecule is Oc1cccn2nc(-c3ccccc3C(F)(F)F)nc12. The molecule has 0 fully saturated rings. The van der Waals surface area contributed by atoms with Crippen molar-refractivity contribution in [3.63, 3.8) is 0 Å². The Morgan fingerprint density at radius 3 is 2.50 bits per heavy atom. The summed E-state index contributed by atoms with van der Waals surface area (Å²) in [6.07, 6.45) is -2.99.